The number of sulfone groups is 1. The molecule has 1 atom stereocenters. The first-order chi connectivity index (χ1) is 20.7. The van der Waals surface area contributed by atoms with E-state index < -0.39 is 15.9 Å². The minimum absolute atomic E-state index is 0.0976. The zero-order valence-corrected chi connectivity index (χ0v) is 25.3. The van der Waals surface area contributed by atoms with Crippen LogP contribution in [0.1, 0.15) is 39.8 Å². The van der Waals surface area contributed by atoms with Gasteiger partial charge in [-0.2, -0.15) is 0 Å². The van der Waals surface area contributed by atoms with Crippen LogP contribution >= 0.6 is 0 Å². The second-order valence-corrected chi connectivity index (χ2v) is 12.5. The molecular weight excluding hydrogens is 562 g/mol. The molecule has 0 aliphatic heterocycles. The van der Waals surface area contributed by atoms with E-state index in [4.69, 9.17) is 14.5 Å². The molecule has 0 fully saturated rings. The van der Waals surface area contributed by atoms with Crippen molar-refractivity contribution in [1.29, 1.82) is 0 Å². The summed E-state index contributed by atoms with van der Waals surface area (Å²) < 4.78 is 35.7. The third kappa shape index (κ3) is 7.24. The molecule has 5 rings (SSSR count). The number of nitrogens with one attached hydrogen (secondary N) is 1. The van der Waals surface area contributed by atoms with Crippen LogP contribution in [0.2, 0.25) is 0 Å². The van der Waals surface area contributed by atoms with Crippen LogP contribution in [0.15, 0.2) is 102 Å². The predicted molar refractivity (Wildman–Crippen MR) is 167 cm³/mol. The summed E-state index contributed by atoms with van der Waals surface area (Å²) in [4.78, 5) is 24.6. The Morgan fingerprint density at radius 1 is 0.837 bits per heavy atom. The lowest BCUT2D eigenvalue weighted by molar-refractivity contribution is 0.0660. The van der Waals surface area contributed by atoms with E-state index in [2.05, 4.69) is 17.1 Å². The molecule has 43 heavy (non-hydrogen) atoms. The summed E-state index contributed by atoms with van der Waals surface area (Å²) >= 11 is 0. The first-order valence-corrected chi connectivity index (χ1v) is 16.0. The number of nitrogens with zero attached hydrogens (tertiary/aromatic N) is 2. The Balaban J connectivity index is 1.57. The number of carbonyl (C=O) groups excluding carboxylic acids is 1. The average Bonchev–Trinajstić information content (AvgIpc) is 3.46. The molecule has 9 heteroatoms. The number of hydrogen-bond donors (Lipinski definition) is 1. The molecule has 8 nitrogen and oxygen atoms in total. The number of carbonyl (C=O) groups is 1. The van der Waals surface area contributed by atoms with Crippen molar-refractivity contribution in [1.82, 2.24) is 14.9 Å². The van der Waals surface area contributed by atoms with Gasteiger partial charge in [-0.3, -0.25) is 4.79 Å². The van der Waals surface area contributed by atoms with Crippen molar-refractivity contribution >= 4 is 26.8 Å². The van der Waals surface area contributed by atoms with E-state index >= 15 is 0 Å². The van der Waals surface area contributed by atoms with Gasteiger partial charge in [-0.1, -0.05) is 48.5 Å². The van der Waals surface area contributed by atoms with Crippen LogP contribution in [0.4, 0.5) is 0 Å². The van der Waals surface area contributed by atoms with E-state index in [1.54, 1.807) is 37.3 Å². The molecule has 0 spiro atoms. The summed E-state index contributed by atoms with van der Waals surface area (Å²) in [6, 6.07) is 29.4. The lowest BCUT2D eigenvalue weighted by Crippen LogP contribution is -2.37. The van der Waals surface area contributed by atoms with Crippen LogP contribution in [-0.2, 0) is 22.7 Å². The number of fused-ring (bicyclic) bond motifs is 1. The number of para-hydroxylation sites is 2. The summed E-state index contributed by atoms with van der Waals surface area (Å²) in [6.07, 6.45) is 2.96. The fraction of sp³-hybridized carbons (Fsp3) is 0.235. The molecule has 1 heterocycles. The first kappa shape index (κ1) is 29.8. The van der Waals surface area contributed by atoms with Gasteiger partial charge in [0.1, 0.15) is 17.3 Å². The molecular formula is C34H35N3O5S. The monoisotopic (exact) mass is 597 g/mol. The summed E-state index contributed by atoms with van der Waals surface area (Å²) in [5, 5.41) is 0. The third-order valence-electron chi connectivity index (χ3n) is 7.47. The number of aromatic nitrogens is 2. The van der Waals surface area contributed by atoms with Crippen LogP contribution in [-0.4, -0.2) is 56.2 Å². The number of aromatic amines is 1. The summed E-state index contributed by atoms with van der Waals surface area (Å²) in [6.45, 7) is 0.342. The van der Waals surface area contributed by atoms with Crippen molar-refractivity contribution < 1.29 is 22.7 Å². The van der Waals surface area contributed by atoms with E-state index in [-0.39, 0.29) is 10.8 Å². The Bertz CT molecular complexity index is 1760. The van der Waals surface area contributed by atoms with Gasteiger partial charge in [-0.05, 0) is 72.9 Å². The summed E-state index contributed by atoms with van der Waals surface area (Å²) in [5.41, 5.74) is 4.07. The van der Waals surface area contributed by atoms with Crippen LogP contribution in [0.25, 0.3) is 11.0 Å². The Labute approximate surface area is 252 Å². The molecule has 0 saturated heterocycles. The van der Waals surface area contributed by atoms with Gasteiger partial charge < -0.3 is 19.4 Å². The molecule has 0 aliphatic carbocycles. The first-order valence-electron chi connectivity index (χ1n) is 14.1. The number of aryl methyl sites for hydroxylation is 1. The lowest BCUT2D eigenvalue weighted by atomic mass is 10.0. The van der Waals surface area contributed by atoms with Gasteiger partial charge in [-0.25, -0.2) is 13.4 Å². The van der Waals surface area contributed by atoms with E-state index in [9.17, 15) is 13.2 Å². The molecule has 1 N–H and O–H groups in total. The van der Waals surface area contributed by atoms with Gasteiger partial charge in [-0.15, -0.1) is 0 Å². The molecule has 0 radical (unpaired) electrons. The zero-order chi connectivity index (χ0) is 30.4. The van der Waals surface area contributed by atoms with Crippen molar-refractivity contribution in [2.24, 2.45) is 0 Å². The molecule has 0 bridgehead atoms. The maximum Gasteiger partial charge on any atom is 0.254 e. The quantitative estimate of drug-likeness (QED) is 0.188. The maximum atomic E-state index is 14.4. The standard InChI is InChI=1S/C34H35N3O5S/c1-41-27-20-25(21-28(23-27)42-2)18-19-37(34(38)26-12-9-13-29(22-26)43(3,39)40)32(17-16-24-10-5-4-6-11-24)33-35-30-14-7-8-15-31(30)36-33/h4-15,20-23,32H,16-19H2,1-3H3,(H,35,36). The van der Waals surface area contributed by atoms with Crippen molar-refractivity contribution in [2.75, 3.05) is 27.0 Å². The maximum absolute atomic E-state index is 14.4. The van der Waals surface area contributed by atoms with Crippen molar-refractivity contribution in [3.05, 3.63) is 120 Å². The van der Waals surface area contributed by atoms with Gasteiger partial charge in [0.25, 0.3) is 5.91 Å². The van der Waals surface area contributed by atoms with Crippen molar-refractivity contribution in [2.45, 2.75) is 30.2 Å². The van der Waals surface area contributed by atoms with Gasteiger partial charge >= 0.3 is 0 Å². The Kier molecular flexibility index (Phi) is 9.11. The van der Waals surface area contributed by atoms with Gasteiger partial charge in [0.05, 0.1) is 36.2 Å². The van der Waals surface area contributed by atoms with Crippen LogP contribution < -0.4 is 9.47 Å². The molecule has 0 aliphatic rings. The average molecular weight is 598 g/mol. The van der Waals surface area contributed by atoms with E-state index in [0.29, 0.717) is 48.7 Å². The van der Waals surface area contributed by atoms with E-state index in [0.717, 1.165) is 28.4 Å². The number of benzene rings is 4. The van der Waals surface area contributed by atoms with Crippen LogP contribution in [0.3, 0.4) is 0 Å². The molecule has 1 unspecified atom stereocenters. The fourth-order valence-corrected chi connectivity index (χ4v) is 5.87. The Morgan fingerprint density at radius 2 is 1.53 bits per heavy atom. The normalized spacial score (nSPS) is 12.2. The van der Waals surface area contributed by atoms with E-state index in [1.165, 1.54) is 12.1 Å². The number of hydrogen-bond acceptors (Lipinski definition) is 6. The number of rotatable bonds is 12. The topological polar surface area (TPSA) is 102 Å². The molecule has 4 aromatic carbocycles. The number of H-pyrrole nitrogens is 1. The highest BCUT2D eigenvalue weighted by atomic mass is 32.2. The molecule has 5 aromatic rings. The van der Waals surface area contributed by atoms with Crippen LogP contribution in [0.5, 0.6) is 11.5 Å². The molecule has 0 saturated carbocycles. The fourth-order valence-electron chi connectivity index (χ4n) is 5.20. The molecule has 222 valence electrons. The zero-order valence-electron chi connectivity index (χ0n) is 24.5. The Hall–Kier alpha value is -4.63. The van der Waals surface area contributed by atoms with Gasteiger partial charge in [0, 0.05) is 24.4 Å². The minimum atomic E-state index is -3.51. The van der Waals surface area contributed by atoms with Crippen LogP contribution in [0, 0.1) is 0 Å². The number of ether oxygens (including phenoxy) is 2. The van der Waals surface area contributed by atoms with Gasteiger partial charge in [0.15, 0.2) is 9.84 Å². The van der Waals surface area contributed by atoms with E-state index in [1.807, 2.05) is 54.6 Å². The second kappa shape index (κ2) is 13.1. The van der Waals surface area contributed by atoms with Gasteiger partial charge in [0.2, 0.25) is 0 Å². The highest BCUT2D eigenvalue weighted by Gasteiger charge is 2.29. The summed E-state index contributed by atoms with van der Waals surface area (Å²) in [7, 11) is -0.305. The molecule has 1 amide bonds. The van der Waals surface area contributed by atoms with Crippen molar-refractivity contribution in [3.8, 4) is 11.5 Å². The molecule has 1 aromatic heterocycles. The van der Waals surface area contributed by atoms with Crippen molar-refractivity contribution in [3.63, 3.8) is 0 Å². The Morgan fingerprint density at radius 3 is 2.21 bits per heavy atom. The number of imidazole rings is 1. The number of amides is 1. The third-order valence-corrected chi connectivity index (χ3v) is 8.58. The number of methoxy groups -OCH3 is 2. The SMILES string of the molecule is COc1cc(CCN(C(=O)c2cccc(S(C)(=O)=O)c2)C(CCc2ccccc2)c2nc3ccccc3[nH]2)cc(OC)c1. The predicted octanol–water partition coefficient (Wildman–Crippen LogP) is 6.04. The smallest absolute Gasteiger partial charge is 0.254 e. The largest absolute Gasteiger partial charge is 0.497 e. The highest BCUT2D eigenvalue weighted by Crippen LogP contribution is 2.30. The minimum Gasteiger partial charge on any atom is -0.497 e. The summed E-state index contributed by atoms with van der Waals surface area (Å²) in [5.74, 6) is 1.71. The lowest BCUT2D eigenvalue weighted by Gasteiger charge is -2.31. The second-order valence-electron chi connectivity index (χ2n) is 10.4. The highest BCUT2D eigenvalue weighted by molar-refractivity contribution is 7.90.